The minimum absolute atomic E-state index is 0.0594. The number of piperazine rings is 1. The molecule has 0 radical (unpaired) electrons. The number of amides is 1. The first kappa shape index (κ1) is 16.7. The van der Waals surface area contributed by atoms with Crippen LogP contribution in [0.2, 0.25) is 0 Å². The number of benzene rings is 1. The third-order valence-corrected chi connectivity index (χ3v) is 4.43. The molecule has 2 heterocycles. The second kappa shape index (κ2) is 8.66. The average Bonchev–Trinajstić information content (AvgIpc) is 3.14. The van der Waals surface area contributed by atoms with E-state index in [-0.39, 0.29) is 5.91 Å². The van der Waals surface area contributed by atoms with Crippen molar-refractivity contribution in [1.82, 2.24) is 15.1 Å². The molecule has 1 saturated heterocycles. The van der Waals surface area contributed by atoms with Crippen LogP contribution < -0.4 is 5.32 Å². The Morgan fingerprint density at radius 2 is 1.75 bits per heavy atom. The normalized spacial score (nSPS) is 16.2. The van der Waals surface area contributed by atoms with Gasteiger partial charge in [0.05, 0.1) is 19.4 Å². The Hall–Kier alpha value is -2.11. The number of hydrogen-bond donors (Lipinski definition) is 1. The van der Waals surface area contributed by atoms with E-state index < -0.39 is 0 Å². The summed E-state index contributed by atoms with van der Waals surface area (Å²) in [5.41, 5.74) is 1.39. The van der Waals surface area contributed by atoms with Crippen molar-refractivity contribution in [3.63, 3.8) is 0 Å². The zero-order chi connectivity index (χ0) is 16.6. The predicted molar refractivity (Wildman–Crippen MR) is 93.6 cm³/mol. The molecule has 3 rings (SSSR count). The molecule has 0 spiro atoms. The van der Waals surface area contributed by atoms with Crippen LogP contribution in [0, 0.1) is 0 Å². The molecule has 0 bridgehead atoms. The highest BCUT2D eigenvalue weighted by Crippen LogP contribution is 2.05. The highest BCUT2D eigenvalue weighted by molar-refractivity contribution is 5.77. The lowest BCUT2D eigenvalue weighted by molar-refractivity contribution is -0.122. The summed E-state index contributed by atoms with van der Waals surface area (Å²) >= 11 is 0. The standard InChI is InChI=1S/C19H25N3O2/c23-19(20-15-18-7-4-14-24-18)16-22-12-10-21(11-13-22)9-8-17-5-2-1-3-6-17/h1-7,14H,8-13,15-16H2,(H,20,23). The minimum atomic E-state index is 0.0594. The van der Waals surface area contributed by atoms with Crippen LogP contribution in [0.5, 0.6) is 0 Å². The Kier molecular flexibility index (Phi) is 6.04. The van der Waals surface area contributed by atoms with Crippen LogP contribution >= 0.6 is 0 Å². The zero-order valence-corrected chi connectivity index (χ0v) is 14.0. The third-order valence-electron chi connectivity index (χ3n) is 4.43. The van der Waals surface area contributed by atoms with Crippen molar-refractivity contribution in [3.05, 3.63) is 60.1 Å². The molecule has 24 heavy (non-hydrogen) atoms. The van der Waals surface area contributed by atoms with Gasteiger partial charge in [-0.25, -0.2) is 0 Å². The molecule has 1 fully saturated rings. The fourth-order valence-electron chi connectivity index (χ4n) is 2.96. The first-order valence-corrected chi connectivity index (χ1v) is 8.57. The monoisotopic (exact) mass is 327 g/mol. The lowest BCUT2D eigenvalue weighted by Crippen LogP contribution is -2.49. The minimum Gasteiger partial charge on any atom is -0.467 e. The molecule has 1 aliphatic heterocycles. The largest absolute Gasteiger partial charge is 0.467 e. The molecule has 1 aliphatic rings. The van der Waals surface area contributed by atoms with Gasteiger partial charge in [-0.3, -0.25) is 9.69 Å². The van der Waals surface area contributed by atoms with Crippen LogP contribution in [0.3, 0.4) is 0 Å². The summed E-state index contributed by atoms with van der Waals surface area (Å²) in [6.45, 7) is 5.96. The van der Waals surface area contributed by atoms with Crippen LogP contribution in [0.4, 0.5) is 0 Å². The Morgan fingerprint density at radius 3 is 2.46 bits per heavy atom. The van der Waals surface area contributed by atoms with Crippen LogP contribution in [-0.2, 0) is 17.8 Å². The molecular formula is C19H25N3O2. The second-order valence-electron chi connectivity index (χ2n) is 6.21. The highest BCUT2D eigenvalue weighted by Gasteiger charge is 2.18. The molecular weight excluding hydrogens is 302 g/mol. The lowest BCUT2D eigenvalue weighted by Gasteiger charge is -2.34. The maximum Gasteiger partial charge on any atom is 0.234 e. The molecule has 1 N–H and O–H groups in total. The van der Waals surface area contributed by atoms with Gasteiger partial charge in [-0.1, -0.05) is 30.3 Å². The molecule has 128 valence electrons. The van der Waals surface area contributed by atoms with Gasteiger partial charge in [0.1, 0.15) is 5.76 Å². The number of furan rings is 1. The van der Waals surface area contributed by atoms with Crippen molar-refractivity contribution >= 4 is 5.91 Å². The van der Waals surface area contributed by atoms with Gasteiger partial charge in [0.2, 0.25) is 5.91 Å². The smallest absolute Gasteiger partial charge is 0.234 e. The first-order chi connectivity index (χ1) is 11.8. The summed E-state index contributed by atoms with van der Waals surface area (Å²) in [6.07, 6.45) is 2.71. The SMILES string of the molecule is O=C(CN1CCN(CCc2ccccc2)CC1)NCc1ccco1. The number of carbonyl (C=O) groups excluding carboxylic acids is 1. The lowest BCUT2D eigenvalue weighted by atomic mass is 10.1. The Bertz CT molecular complexity index is 605. The fraction of sp³-hybridized carbons (Fsp3) is 0.421. The van der Waals surface area contributed by atoms with Crippen molar-refractivity contribution < 1.29 is 9.21 Å². The van der Waals surface area contributed by atoms with Crippen molar-refractivity contribution in [2.75, 3.05) is 39.3 Å². The molecule has 2 aromatic rings. The van der Waals surface area contributed by atoms with E-state index in [1.54, 1.807) is 6.26 Å². The van der Waals surface area contributed by atoms with Gasteiger partial charge < -0.3 is 14.6 Å². The summed E-state index contributed by atoms with van der Waals surface area (Å²) in [5, 5.41) is 2.90. The van der Waals surface area contributed by atoms with Gasteiger partial charge >= 0.3 is 0 Å². The summed E-state index contributed by atoms with van der Waals surface area (Å²) in [5.74, 6) is 0.846. The Balaban J connectivity index is 1.32. The Labute approximate surface area is 143 Å². The van der Waals surface area contributed by atoms with E-state index in [1.165, 1.54) is 5.56 Å². The number of rotatable bonds is 7. The molecule has 0 atom stereocenters. The van der Waals surface area contributed by atoms with E-state index in [0.29, 0.717) is 13.1 Å². The summed E-state index contributed by atoms with van der Waals surface area (Å²) in [6, 6.07) is 14.3. The van der Waals surface area contributed by atoms with Gasteiger partial charge in [-0.05, 0) is 24.1 Å². The number of hydrogen-bond acceptors (Lipinski definition) is 4. The summed E-state index contributed by atoms with van der Waals surface area (Å²) in [7, 11) is 0. The zero-order valence-electron chi connectivity index (χ0n) is 14.0. The maximum absolute atomic E-state index is 12.0. The Morgan fingerprint density at radius 1 is 1.00 bits per heavy atom. The third kappa shape index (κ3) is 5.22. The molecule has 1 aromatic heterocycles. The molecule has 1 aromatic carbocycles. The van der Waals surface area contributed by atoms with Gasteiger partial charge in [0.15, 0.2) is 0 Å². The van der Waals surface area contributed by atoms with E-state index >= 15 is 0 Å². The van der Waals surface area contributed by atoms with Crippen LogP contribution in [0.1, 0.15) is 11.3 Å². The second-order valence-corrected chi connectivity index (χ2v) is 6.21. The summed E-state index contributed by atoms with van der Waals surface area (Å²) < 4.78 is 5.22. The van der Waals surface area contributed by atoms with Crippen LogP contribution in [0.15, 0.2) is 53.1 Å². The maximum atomic E-state index is 12.0. The van der Waals surface area contributed by atoms with Crippen LogP contribution in [0.25, 0.3) is 0 Å². The molecule has 5 heteroatoms. The topological polar surface area (TPSA) is 48.7 Å². The molecule has 0 saturated carbocycles. The van der Waals surface area contributed by atoms with Gasteiger partial charge in [-0.15, -0.1) is 0 Å². The quantitative estimate of drug-likeness (QED) is 0.842. The van der Waals surface area contributed by atoms with Crippen LogP contribution in [-0.4, -0.2) is 55.0 Å². The van der Waals surface area contributed by atoms with Crippen molar-refractivity contribution in [2.24, 2.45) is 0 Å². The number of nitrogens with one attached hydrogen (secondary N) is 1. The predicted octanol–water partition coefficient (Wildman–Crippen LogP) is 1.76. The van der Waals surface area contributed by atoms with E-state index in [2.05, 4.69) is 45.4 Å². The van der Waals surface area contributed by atoms with Crippen molar-refractivity contribution in [1.29, 1.82) is 0 Å². The highest BCUT2D eigenvalue weighted by atomic mass is 16.3. The van der Waals surface area contributed by atoms with Gasteiger partial charge in [0, 0.05) is 32.7 Å². The first-order valence-electron chi connectivity index (χ1n) is 8.57. The van der Waals surface area contributed by atoms with Gasteiger partial charge in [-0.2, -0.15) is 0 Å². The summed E-state index contributed by atoms with van der Waals surface area (Å²) in [4.78, 5) is 16.7. The van der Waals surface area contributed by atoms with Crippen molar-refractivity contribution in [3.8, 4) is 0 Å². The number of nitrogens with zero attached hydrogens (tertiary/aromatic N) is 2. The average molecular weight is 327 g/mol. The molecule has 5 nitrogen and oxygen atoms in total. The molecule has 0 aliphatic carbocycles. The molecule has 0 unspecified atom stereocenters. The van der Waals surface area contributed by atoms with E-state index in [9.17, 15) is 4.79 Å². The molecule has 1 amide bonds. The van der Waals surface area contributed by atoms with Crippen molar-refractivity contribution in [2.45, 2.75) is 13.0 Å². The van der Waals surface area contributed by atoms with E-state index in [0.717, 1.165) is 44.9 Å². The number of carbonyl (C=O) groups is 1. The fourth-order valence-corrected chi connectivity index (χ4v) is 2.96. The van der Waals surface area contributed by atoms with Gasteiger partial charge in [0.25, 0.3) is 0 Å². The van der Waals surface area contributed by atoms with E-state index in [1.807, 2.05) is 12.1 Å². The van der Waals surface area contributed by atoms with E-state index in [4.69, 9.17) is 4.42 Å².